The molecule has 1 aromatic heterocycles. The third-order valence-electron chi connectivity index (χ3n) is 2.74. The van der Waals surface area contributed by atoms with Gasteiger partial charge in [-0.25, -0.2) is 17.9 Å². The fourth-order valence-electron chi connectivity index (χ4n) is 1.67. The first kappa shape index (κ1) is 16.7. The van der Waals surface area contributed by atoms with Crippen LogP contribution in [0.5, 0.6) is 0 Å². The number of carbonyl (C=O) groups is 2. The largest absolute Gasteiger partial charge is 0.468 e. The van der Waals surface area contributed by atoms with Crippen LogP contribution in [0.2, 0.25) is 0 Å². The van der Waals surface area contributed by atoms with Crippen molar-refractivity contribution in [3.8, 4) is 0 Å². The number of benzene rings is 1. The third-order valence-corrected chi connectivity index (χ3v) is 4.14. The lowest BCUT2D eigenvalue weighted by Gasteiger charge is -2.07. The molecule has 0 saturated heterocycles. The SMILES string of the molecule is NC(=O)COC(=O)c1cccc(S(=O)(=O)NCc2ccco2)c1. The highest BCUT2D eigenvalue weighted by molar-refractivity contribution is 7.89. The van der Waals surface area contributed by atoms with Gasteiger partial charge in [0.05, 0.1) is 23.3 Å². The molecule has 0 fully saturated rings. The molecule has 9 heteroatoms. The van der Waals surface area contributed by atoms with Gasteiger partial charge in [-0.15, -0.1) is 0 Å². The molecule has 0 spiro atoms. The molecule has 0 aliphatic heterocycles. The van der Waals surface area contributed by atoms with E-state index in [4.69, 9.17) is 10.2 Å². The van der Waals surface area contributed by atoms with E-state index in [1.165, 1.54) is 24.5 Å². The van der Waals surface area contributed by atoms with Crippen molar-refractivity contribution in [3.05, 3.63) is 54.0 Å². The number of primary amides is 1. The maximum absolute atomic E-state index is 12.2. The first-order chi connectivity index (χ1) is 10.9. The quantitative estimate of drug-likeness (QED) is 0.703. The number of hydrogen-bond donors (Lipinski definition) is 2. The molecule has 0 radical (unpaired) electrons. The number of esters is 1. The van der Waals surface area contributed by atoms with E-state index in [1.807, 2.05) is 0 Å². The van der Waals surface area contributed by atoms with E-state index in [9.17, 15) is 18.0 Å². The van der Waals surface area contributed by atoms with E-state index in [-0.39, 0.29) is 17.0 Å². The summed E-state index contributed by atoms with van der Waals surface area (Å²) >= 11 is 0. The van der Waals surface area contributed by atoms with Crippen LogP contribution in [0.25, 0.3) is 0 Å². The second-order valence-corrected chi connectivity index (χ2v) is 6.24. The van der Waals surface area contributed by atoms with Gasteiger partial charge >= 0.3 is 5.97 Å². The maximum Gasteiger partial charge on any atom is 0.338 e. The second kappa shape index (κ2) is 7.07. The zero-order valence-corrected chi connectivity index (χ0v) is 12.7. The Kier molecular flexibility index (Phi) is 5.14. The summed E-state index contributed by atoms with van der Waals surface area (Å²) in [5, 5.41) is 0. The molecule has 8 nitrogen and oxygen atoms in total. The van der Waals surface area contributed by atoms with Crippen molar-refractivity contribution in [3.63, 3.8) is 0 Å². The molecule has 0 aliphatic carbocycles. The van der Waals surface area contributed by atoms with E-state index in [0.717, 1.165) is 6.07 Å². The van der Waals surface area contributed by atoms with Gasteiger partial charge in [-0.05, 0) is 30.3 Å². The molecule has 23 heavy (non-hydrogen) atoms. The highest BCUT2D eigenvalue weighted by atomic mass is 32.2. The van der Waals surface area contributed by atoms with Gasteiger partial charge in [-0.3, -0.25) is 4.79 Å². The third kappa shape index (κ3) is 4.66. The minimum Gasteiger partial charge on any atom is -0.468 e. The Bertz CT molecular complexity index is 798. The van der Waals surface area contributed by atoms with Crippen LogP contribution in [0.1, 0.15) is 16.1 Å². The van der Waals surface area contributed by atoms with E-state index >= 15 is 0 Å². The van der Waals surface area contributed by atoms with Crippen LogP contribution >= 0.6 is 0 Å². The van der Waals surface area contributed by atoms with Crippen LogP contribution in [0.4, 0.5) is 0 Å². The zero-order chi connectivity index (χ0) is 16.9. The van der Waals surface area contributed by atoms with Gasteiger partial charge in [0.1, 0.15) is 5.76 Å². The summed E-state index contributed by atoms with van der Waals surface area (Å²) in [5.74, 6) is -1.19. The van der Waals surface area contributed by atoms with E-state index < -0.39 is 28.5 Å². The van der Waals surface area contributed by atoms with Crippen molar-refractivity contribution >= 4 is 21.9 Å². The molecule has 2 aromatic rings. The molecule has 1 heterocycles. The van der Waals surface area contributed by atoms with Crippen molar-refractivity contribution in [2.24, 2.45) is 5.73 Å². The Morgan fingerprint density at radius 3 is 2.65 bits per heavy atom. The van der Waals surface area contributed by atoms with E-state index in [0.29, 0.717) is 5.76 Å². The lowest BCUT2D eigenvalue weighted by atomic mass is 10.2. The number of sulfonamides is 1. The number of ether oxygens (including phenoxy) is 1. The minimum atomic E-state index is -3.83. The number of carbonyl (C=O) groups excluding carboxylic acids is 2. The van der Waals surface area contributed by atoms with Crippen LogP contribution in [0, 0.1) is 0 Å². The number of furan rings is 1. The lowest BCUT2D eigenvalue weighted by Crippen LogP contribution is -2.24. The molecular formula is C14H14N2O6S. The smallest absolute Gasteiger partial charge is 0.338 e. The highest BCUT2D eigenvalue weighted by Crippen LogP contribution is 2.13. The topological polar surface area (TPSA) is 129 Å². The molecule has 1 aromatic carbocycles. The van der Waals surface area contributed by atoms with Crippen molar-refractivity contribution in [1.29, 1.82) is 0 Å². The fourth-order valence-corrected chi connectivity index (χ4v) is 2.71. The van der Waals surface area contributed by atoms with Gasteiger partial charge in [0.2, 0.25) is 10.0 Å². The average Bonchev–Trinajstić information content (AvgIpc) is 3.04. The molecule has 0 unspecified atom stereocenters. The van der Waals surface area contributed by atoms with Gasteiger partial charge < -0.3 is 14.9 Å². The summed E-state index contributed by atoms with van der Waals surface area (Å²) in [4.78, 5) is 22.2. The molecule has 0 bridgehead atoms. The highest BCUT2D eigenvalue weighted by Gasteiger charge is 2.17. The fraction of sp³-hybridized carbons (Fsp3) is 0.143. The van der Waals surface area contributed by atoms with Crippen molar-refractivity contribution in [2.75, 3.05) is 6.61 Å². The van der Waals surface area contributed by atoms with Gasteiger partial charge in [-0.1, -0.05) is 6.07 Å². The number of nitrogens with two attached hydrogens (primary N) is 1. The molecule has 3 N–H and O–H groups in total. The van der Waals surface area contributed by atoms with Crippen LogP contribution in [0.15, 0.2) is 52.0 Å². The van der Waals surface area contributed by atoms with Crippen LogP contribution in [0.3, 0.4) is 0 Å². The summed E-state index contributed by atoms with van der Waals surface area (Å²) in [6.07, 6.45) is 1.43. The monoisotopic (exact) mass is 338 g/mol. The zero-order valence-electron chi connectivity index (χ0n) is 11.9. The first-order valence-electron chi connectivity index (χ1n) is 6.46. The number of rotatable bonds is 7. The summed E-state index contributed by atoms with van der Waals surface area (Å²) in [6, 6.07) is 8.50. The summed E-state index contributed by atoms with van der Waals surface area (Å²) in [7, 11) is -3.83. The van der Waals surface area contributed by atoms with Crippen LogP contribution < -0.4 is 10.5 Å². The molecule has 1 amide bonds. The summed E-state index contributed by atoms with van der Waals surface area (Å²) in [6.45, 7) is -0.599. The number of amides is 1. The van der Waals surface area contributed by atoms with Crippen molar-refractivity contribution < 1.29 is 27.2 Å². The van der Waals surface area contributed by atoms with E-state index in [2.05, 4.69) is 9.46 Å². The Morgan fingerprint density at radius 1 is 1.22 bits per heavy atom. The number of hydrogen-bond acceptors (Lipinski definition) is 6. The lowest BCUT2D eigenvalue weighted by molar-refractivity contribution is -0.121. The Morgan fingerprint density at radius 2 is 2.00 bits per heavy atom. The number of nitrogens with one attached hydrogen (secondary N) is 1. The molecule has 2 rings (SSSR count). The molecule has 0 atom stereocenters. The van der Waals surface area contributed by atoms with Gasteiger partial charge in [0.15, 0.2) is 6.61 Å². The van der Waals surface area contributed by atoms with Gasteiger partial charge in [0, 0.05) is 0 Å². The molecule has 0 aliphatic rings. The Hall–Kier alpha value is -2.65. The first-order valence-corrected chi connectivity index (χ1v) is 7.94. The van der Waals surface area contributed by atoms with Crippen LogP contribution in [-0.2, 0) is 26.1 Å². The summed E-state index contributed by atoms with van der Waals surface area (Å²) in [5.41, 5.74) is 4.87. The normalized spacial score (nSPS) is 11.1. The van der Waals surface area contributed by atoms with Gasteiger partial charge in [-0.2, -0.15) is 0 Å². The minimum absolute atomic E-state index is 0.00729. The Labute approximate surface area is 132 Å². The molecule has 122 valence electrons. The van der Waals surface area contributed by atoms with E-state index in [1.54, 1.807) is 12.1 Å². The predicted octanol–water partition coefficient (Wildman–Crippen LogP) is 0.400. The van der Waals surface area contributed by atoms with Crippen LogP contribution in [-0.4, -0.2) is 26.9 Å². The van der Waals surface area contributed by atoms with Crippen molar-refractivity contribution in [2.45, 2.75) is 11.4 Å². The summed E-state index contributed by atoms with van der Waals surface area (Å²) < 4.78 is 36.4. The standard InChI is InChI=1S/C14H14N2O6S/c15-13(17)9-22-14(18)10-3-1-5-12(7-10)23(19,20)16-8-11-4-2-6-21-11/h1-7,16H,8-9H2,(H2,15,17). The predicted molar refractivity (Wildman–Crippen MR) is 78.7 cm³/mol. The van der Waals surface area contributed by atoms with Crippen molar-refractivity contribution in [1.82, 2.24) is 4.72 Å². The maximum atomic E-state index is 12.2. The average molecular weight is 338 g/mol. The Balaban J connectivity index is 2.11. The second-order valence-electron chi connectivity index (χ2n) is 4.47. The molecule has 0 saturated carbocycles. The van der Waals surface area contributed by atoms with Gasteiger partial charge in [0.25, 0.3) is 5.91 Å². The molecular weight excluding hydrogens is 324 g/mol.